The fraction of sp³-hybridized carbons (Fsp3) is 0.0909. The number of aryl methyl sites for hydroxylation is 1. The first-order valence-corrected chi connectivity index (χ1v) is 5.99. The van der Waals surface area contributed by atoms with E-state index in [0.29, 0.717) is 5.56 Å². The van der Waals surface area contributed by atoms with E-state index in [9.17, 15) is 0 Å². The lowest BCUT2D eigenvalue weighted by Crippen LogP contribution is -1.81. The molecule has 0 spiro atoms. The molecule has 0 bridgehead atoms. The molecular formula is C11H7BrN2S. The molecule has 2 nitrogen and oxygen atoms in total. The van der Waals surface area contributed by atoms with Gasteiger partial charge in [0.05, 0.1) is 22.3 Å². The van der Waals surface area contributed by atoms with Gasteiger partial charge in [0.1, 0.15) is 0 Å². The van der Waals surface area contributed by atoms with Crippen molar-refractivity contribution in [3.63, 3.8) is 0 Å². The monoisotopic (exact) mass is 278 g/mol. The minimum Gasteiger partial charge on any atom is -0.242 e. The van der Waals surface area contributed by atoms with E-state index in [1.165, 1.54) is 0 Å². The zero-order valence-electron chi connectivity index (χ0n) is 7.99. The number of nitrogens with zero attached hydrogens (tertiary/aromatic N) is 2. The molecule has 15 heavy (non-hydrogen) atoms. The van der Waals surface area contributed by atoms with E-state index in [2.05, 4.69) is 27.0 Å². The lowest BCUT2D eigenvalue weighted by molar-refractivity contribution is 1.29. The van der Waals surface area contributed by atoms with Crippen LogP contribution in [0.15, 0.2) is 28.1 Å². The van der Waals surface area contributed by atoms with Crippen LogP contribution in [-0.2, 0) is 0 Å². The van der Waals surface area contributed by atoms with Gasteiger partial charge in [0.25, 0.3) is 0 Å². The number of halogens is 1. The van der Waals surface area contributed by atoms with E-state index < -0.39 is 0 Å². The number of thiazole rings is 1. The predicted octanol–water partition coefficient (Wildman–Crippen LogP) is 3.75. The molecule has 2 aromatic rings. The van der Waals surface area contributed by atoms with E-state index in [1.54, 1.807) is 17.4 Å². The molecule has 1 aromatic carbocycles. The van der Waals surface area contributed by atoms with E-state index in [-0.39, 0.29) is 0 Å². The minimum absolute atomic E-state index is 0.644. The van der Waals surface area contributed by atoms with E-state index in [4.69, 9.17) is 5.26 Å². The molecule has 0 unspecified atom stereocenters. The minimum atomic E-state index is 0.644. The molecule has 0 aliphatic heterocycles. The Morgan fingerprint density at radius 1 is 1.40 bits per heavy atom. The maximum atomic E-state index is 8.85. The van der Waals surface area contributed by atoms with Crippen molar-refractivity contribution in [1.29, 1.82) is 5.26 Å². The average molecular weight is 279 g/mol. The van der Waals surface area contributed by atoms with Crippen LogP contribution in [0.25, 0.3) is 11.3 Å². The van der Waals surface area contributed by atoms with Gasteiger partial charge in [-0.2, -0.15) is 5.26 Å². The van der Waals surface area contributed by atoms with Gasteiger partial charge in [-0.05, 0) is 25.1 Å². The molecule has 74 valence electrons. The summed E-state index contributed by atoms with van der Waals surface area (Å²) in [6.07, 6.45) is 0. The van der Waals surface area contributed by atoms with Crippen molar-refractivity contribution in [2.75, 3.05) is 0 Å². The fourth-order valence-electron chi connectivity index (χ4n) is 1.30. The van der Waals surface area contributed by atoms with Crippen LogP contribution in [0.5, 0.6) is 0 Å². The summed E-state index contributed by atoms with van der Waals surface area (Å²) in [5, 5.41) is 11.9. The highest BCUT2D eigenvalue weighted by Crippen LogP contribution is 2.25. The van der Waals surface area contributed by atoms with Gasteiger partial charge in [-0.15, -0.1) is 11.3 Å². The largest absolute Gasteiger partial charge is 0.242 e. The number of aromatic nitrogens is 1. The zero-order chi connectivity index (χ0) is 10.8. The third kappa shape index (κ3) is 2.25. The molecule has 0 saturated carbocycles. The Balaban J connectivity index is 2.54. The molecule has 0 aliphatic carbocycles. The van der Waals surface area contributed by atoms with Crippen molar-refractivity contribution in [2.45, 2.75) is 6.92 Å². The van der Waals surface area contributed by atoms with Crippen molar-refractivity contribution >= 4 is 27.3 Å². The number of hydrogen-bond acceptors (Lipinski definition) is 3. The molecule has 2 rings (SSSR count). The standard InChI is InChI=1S/C11H7BrN2S/c1-7-14-11(6-15-7)9-2-8(5-13)3-10(12)4-9/h2-4,6H,1H3. The van der Waals surface area contributed by atoms with Crippen molar-refractivity contribution in [3.05, 3.63) is 38.6 Å². The van der Waals surface area contributed by atoms with Crippen LogP contribution in [-0.4, -0.2) is 4.98 Å². The Hall–Kier alpha value is -1.18. The van der Waals surface area contributed by atoms with Gasteiger partial charge in [-0.25, -0.2) is 4.98 Å². The zero-order valence-corrected chi connectivity index (χ0v) is 10.4. The molecule has 1 aromatic heterocycles. The molecule has 4 heteroatoms. The van der Waals surface area contributed by atoms with Crippen LogP contribution in [0.1, 0.15) is 10.6 Å². The number of rotatable bonds is 1. The second-order valence-electron chi connectivity index (χ2n) is 3.09. The summed E-state index contributed by atoms with van der Waals surface area (Å²) in [6, 6.07) is 7.74. The van der Waals surface area contributed by atoms with Crippen molar-refractivity contribution in [3.8, 4) is 17.3 Å². The maximum Gasteiger partial charge on any atom is 0.0992 e. The highest BCUT2D eigenvalue weighted by molar-refractivity contribution is 9.10. The summed E-state index contributed by atoms with van der Waals surface area (Å²) in [5.74, 6) is 0. The summed E-state index contributed by atoms with van der Waals surface area (Å²) < 4.78 is 0.905. The van der Waals surface area contributed by atoms with Crippen LogP contribution in [0.4, 0.5) is 0 Å². The van der Waals surface area contributed by atoms with Gasteiger partial charge in [0.2, 0.25) is 0 Å². The number of nitriles is 1. The van der Waals surface area contributed by atoms with Gasteiger partial charge >= 0.3 is 0 Å². The molecule has 0 radical (unpaired) electrons. The van der Waals surface area contributed by atoms with Gasteiger partial charge in [-0.1, -0.05) is 15.9 Å². The summed E-state index contributed by atoms with van der Waals surface area (Å²) in [6.45, 7) is 1.97. The maximum absolute atomic E-state index is 8.85. The molecule has 0 atom stereocenters. The van der Waals surface area contributed by atoms with Crippen molar-refractivity contribution < 1.29 is 0 Å². The van der Waals surface area contributed by atoms with E-state index in [1.807, 2.05) is 24.4 Å². The van der Waals surface area contributed by atoms with Gasteiger partial charge < -0.3 is 0 Å². The summed E-state index contributed by atoms with van der Waals surface area (Å²) in [7, 11) is 0. The Bertz CT molecular complexity index is 540. The topological polar surface area (TPSA) is 36.7 Å². The summed E-state index contributed by atoms with van der Waals surface area (Å²) >= 11 is 4.99. The molecule has 0 aliphatic rings. The molecule has 0 N–H and O–H groups in total. The quantitative estimate of drug-likeness (QED) is 0.797. The van der Waals surface area contributed by atoms with Crippen LogP contribution in [0.2, 0.25) is 0 Å². The van der Waals surface area contributed by atoms with Crippen molar-refractivity contribution in [2.24, 2.45) is 0 Å². The fourth-order valence-corrected chi connectivity index (χ4v) is 2.41. The Kier molecular flexibility index (Phi) is 2.85. The Labute approximate surface area is 100 Å². The number of benzene rings is 1. The summed E-state index contributed by atoms with van der Waals surface area (Å²) in [5.41, 5.74) is 2.55. The predicted molar refractivity (Wildman–Crippen MR) is 64.7 cm³/mol. The van der Waals surface area contributed by atoms with Crippen molar-refractivity contribution in [1.82, 2.24) is 4.98 Å². The normalized spacial score (nSPS) is 9.93. The number of hydrogen-bond donors (Lipinski definition) is 0. The second kappa shape index (κ2) is 4.13. The van der Waals surface area contributed by atoms with Gasteiger partial charge in [0, 0.05) is 15.4 Å². The lowest BCUT2D eigenvalue weighted by Gasteiger charge is -1.98. The molecule has 0 saturated heterocycles. The van der Waals surface area contributed by atoms with Crippen LogP contribution in [0, 0.1) is 18.3 Å². The Morgan fingerprint density at radius 3 is 2.80 bits per heavy atom. The summed E-state index contributed by atoms with van der Waals surface area (Å²) in [4.78, 5) is 4.39. The van der Waals surface area contributed by atoms with E-state index >= 15 is 0 Å². The third-order valence-corrected chi connectivity index (χ3v) is 3.17. The van der Waals surface area contributed by atoms with Gasteiger partial charge in [-0.3, -0.25) is 0 Å². The van der Waals surface area contributed by atoms with Crippen LogP contribution in [0.3, 0.4) is 0 Å². The highest BCUT2D eigenvalue weighted by atomic mass is 79.9. The van der Waals surface area contributed by atoms with Gasteiger partial charge in [0.15, 0.2) is 0 Å². The molecule has 1 heterocycles. The second-order valence-corrected chi connectivity index (χ2v) is 5.07. The smallest absolute Gasteiger partial charge is 0.0992 e. The van der Waals surface area contributed by atoms with Crippen LogP contribution >= 0.6 is 27.3 Å². The first kappa shape index (κ1) is 10.3. The molecule has 0 fully saturated rings. The third-order valence-electron chi connectivity index (χ3n) is 1.94. The Morgan fingerprint density at radius 2 is 2.20 bits per heavy atom. The SMILES string of the molecule is Cc1nc(-c2cc(Br)cc(C#N)c2)cs1. The first-order valence-electron chi connectivity index (χ1n) is 4.32. The van der Waals surface area contributed by atoms with E-state index in [0.717, 1.165) is 20.7 Å². The van der Waals surface area contributed by atoms with Crippen LogP contribution < -0.4 is 0 Å². The highest BCUT2D eigenvalue weighted by Gasteiger charge is 2.04. The first-order chi connectivity index (χ1) is 7.19. The molecular weight excluding hydrogens is 272 g/mol. The molecule has 0 amide bonds. The average Bonchev–Trinajstić information content (AvgIpc) is 2.64. The lowest BCUT2D eigenvalue weighted by atomic mass is 10.1.